The van der Waals surface area contributed by atoms with Crippen molar-refractivity contribution >= 4 is 34.7 Å². The predicted molar refractivity (Wildman–Crippen MR) is 123 cm³/mol. The highest BCUT2D eigenvalue weighted by atomic mass is 35.5. The van der Waals surface area contributed by atoms with Crippen molar-refractivity contribution in [1.29, 1.82) is 0 Å². The molecule has 1 aliphatic rings. The van der Waals surface area contributed by atoms with Crippen molar-refractivity contribution in [2.75, 3.05) is 24.1 Å². The van der Waals surface area contributed by atoms with Crippen LogP contribution >= 0.6 is 11.6 Å². The van der Waals surface area contributed by atoms with Gasteiger partial charge in [-0.05, 0) is 51.3 Å². The molecular formula is C22H28ClN7O. The van der Waals surface area contributed by atoms with Gasteiger partial charge >= 0.3 is 0 Å². The monoisotopic (exact) mass is 441 g/mol. The first-order valence-electron chi connectivity index (χ1n) is 10.6. The molecule has 1 amide bonds. The standard InChI is InChI=1S/C22H28ClN7O/c1-13-12-30-20(27-21(13)26-14(2)11-24)10-18(28-30)19-5-3-4-8-29(19)22(31)16-9-15(23)6-7-17(16)25/h6-7,9-10,12,14,19H,3-5,8,11,24-25H2,1-2H3,(H,26,27)/t14?,19-/m0/s1. The molecule has 1 aromatic carbocycles. The van der Waals surface area contributed by atoms with Crippen LogP contribution in [0, 0.1) is 6.92 Å². The number of nitrogen functional groups attached to an aromatic ring is 1. The Balaban J connectivity index is 1.67. The molecule has 9 heteroatoms. The summed E-state index contributed by atoms with van der Waals surface area (Å²) in [5, 5.41) is 8.58. The highest BCUT2D eigenvalue weighted by Gasteiger charge is 2.31. The molecule has 0 saturated carbocycles. The van der Waals surface area contributed by atoms with Crippen molar-refractivity contribution in [2.45, 2.75) is 45.2 Å². The maximum Gasteiger partial charge on any atom is 0.256 e. The van der Waals surface area contributed by atoms with Gasteiger partial charge < -0.3 is 21.7 Å². The Bertz CT molecular complexity index is 1110. The molecule has 1 aliphatic heterocycles. The van der Waals surface area contributed by atoms with E-state index in [-0.39, 0.29) is 18.0 Å². The minimum Gasteiger partial charge on any atom is -0.398 e. The highest BCUT2D eigenvalue weighted by Crippen LogP contribution is 2.33. The number of fused-ring (bicyclic) bond motifs is 1. The highest BCUT2D eigenvalue weighted by molar-refractivity contribution is 6.31. The molecule has 0 bridgehead atoms. The number of benzene rings is 1. The van der Waals surface area contributed by atoms with Gasteiger partial charge in [0.1, 0.15) is 5.82 Å². The van der Waals surface area contributed by atoms with Crippen LogP contribution in [0.4, 0.5) is 11.5 Å². The normalized spacial score (nSPS) is 17.7. The van der Waals surface area contributed by atoms with Crippen LogP contribution in [0.2, 0.25) is 5.02 Å². The molecule has 5 N–H and O–H groups in total. The number of aryl methyl sites for hydroxylation is 1. The van der Waals surface area contributed by atoms with Crippen molar-refractivity contribution in [3.8, 4) is 0 Å². The Morgan fingerprint density at radius 3 is 2.94 bits per heavy atom. The molecule has 1 saturated heterocycles. The van der Waals surface area contributed by atoms with E-state index in [4.69, 9.17) is 33.2 Å². The molecule has 3 heterocycles. The van der Waals surface area contributed by atoms with Crippen LogP contribution in [0.25, 0.3) is 5.65 Å². The Hall–Kier alpha value is -2.84. The third-order valence-electron chi connectivity index (χ3n) is 5.74. The number of aromatic nitrogens is 3. The maximum absolute atomic E-state index is 13.3. The molecule has 1 fully saturated rings. The summed E-state index contributed by atoms with van der Waals surface area (Å²) < 4.78 is 1.77. The number of rotatable bonds is 5. The number of nitrogens with zero attached hydrogens (tertiary/aromatic N) is 4. The lowest BCUT2D eigenvalue weighted by Crippen LogP contribution is -2.39. The second-order valence-electron chi connectivity index (χ2n) is 8.17. The lowest BCUT2D eigenvalue weighted by molar-refractivity contribution is 0.0607. The number of anilines is 2. The van der Waals surface area contributed by atoms with E-state index in [0.717, 1.165) is 42.0 Å². The van der Waals surface area contributed by atoms with E-state index < -0.39 is 0 Å². The smallest absolute Gasteiger partial charge is 0.256 e. The van der Waals surface area contributed by atoms with Gasteiger partial charge in [-0.25, -0.2) is 9.50 Å². The van der Waals surface area contributed by atoms with Gasteiger partial charge in [-0.2, -0.15) is 5.10 Å². The van der Waals surface area contributed by atoms with Crippen LogP contribution in [0.15, 0.2) is 30.5 Å². The Morgan fingerprint density at radius 1 is 1.35 bits per heavy atom. The molecule has 0 radical (unpaired) electrons. The summed E-state index contributed by atoms with van der Waals surface area (Å²) in [6, 6.07) is 6.93. The topological polar surface area (TPSA) is 115 Å². The number of hydrogen-bond donors (Lipinski definition) is 3. The maximum atomic E-state index is 13.3. The van der Waals surface area contributed by atoms with Crippen LogP contribution in [0.3, 0.4) is 0 Å². The van der Waals surface area contributed by atoms with Crippen molar-refractivity contribution in [1.82, 2.24) is 19.5 Å². The Kier molecular flexibility index (Phi) is 6.02. The molecule has 3 aromatic rings. The number of nitrogens with two attached hydrogens (primary N) is 2. The summed E-state index contributed by atoms with van der Waals surface area (Å²) in [5.41, 5.74) is 15.2. The fourth-order valence-electron chi connectivity index (χ4n) is 3.98. The lowest BCUT2D eigenvalue weighted by Gasteiger charge is -2.35. The summed E-state index contributed by atoms with van der Waals surface area (Å²) in [4.78, 5) is 19.9. The van der Waals surface area contributed by atoms with Gasteiger partial charge in [-0.15, -0.1) is 0 Å². The first-order valence-corrected chi connectivity index (χ1v) is 10.9. The zero-order valence-corrected chi connectivity index (χ0v) is 18.6. The number of hydrogen-bond acceptors (Lipinski definition) is 6. The van der Waals surface area contributed by atoms with Crippen LogP contribution in [0.5, 0.6) is 0 Å². The van der Waals surface area contributed by atoms with E-state index in [1.165, 1.54) is 0 Å². The molecular weight excluding hydrogens is 414 g/mol. The van der Waals surface area contributed by atoms with Crippen LogP contribution in [0.1, 0.15) is 53.8 Å². The van der Waals surface area contributed by atoms with Crippen LogP contribution in [-0.2, 0) is 0 Å². The van der Waals surface area contributed by atoms with Crippen molar-refractivity contribution in [3.63, 3.8) is 0 Å². The van der Waals surface area contributed by atoms with Crippen molar-refractivity contribution in [2.24, 2.45) is 5.73 Å². The third-order valence-corrected chi connectivity index (χ3v) is 5.97. The molecule has 164 valence electrons. The molecule has 2 aromatic heterocycles. The zero-order chi connectivity index (χ0) is 22.1. The second kappa shape index (κ2) is 8.72. The molecule has 0 aliphatic carbocycles. The fraction of sp³-hybridized carbons (Fsp3) is 0.409. The van der Waals surface area contributed by atoms with E-state index in [9.17, 15) is 4.79 Å². The average molecular weight is 442 g/mol. The molecule has 0 spiro atoms. The largest absolute Gasteiger partial charge is 0.398 e. The summed E-state index contributed by atoms with van der Waals surface area (Å²) in [7, 11) is 0. The van der Waals surface area contributed by atoms with E-state index in [1.807, 2.05) is 31.0 Å². The number of amides is 1. The van der Waals surface area contributed by atoms with Crippen LogP contribution in [-0.4, -0.2) is 44.5 Å². The van der Waals surface area contributed by atoms with Crippen molar-refractivity contribution < 1.29 is 4.79 Å². The van der Waals surface area contributed by atoms with Gasteiger partial charge in [-0.1, -0.05) is 11.6 Å². The summed E-state index contributed by atoms with van der Waals surface area (Å²) in [5.74, 6) is 0.671. The van der Waals surface area contributed by atoms with E-state index >= 15 is 0 Å². The predicted octanol–water partition coefficient (Wildman–Crippen LogP) is 3.40. The SMILES string of the molecule is Cc1cn2nc([C@@H]3CCCCN3C(=O)c3cc(Cl)ccc3N)cc2nc1NC(C)CN. The summed E-state index contributed by atoms with van der Waals surface area (Å²) >= 11 is 6.12. The molecule has 8 nitrogen and oxygen atoms in total. The molecule has 1 unspecified atom stereocenters. The quantitative estimate of drug-likeness (QED) is 0.523. The third kappa shape index (κ3) is 4.31. The number of carbonyl (C=O) groups excluding carboxylic acids is 1. The summed E-state index contributed by atoms with van der Waals surface area (Å²) in [6.07, 6.45) is 4.75. The number of piperidine rings is 1. The molecule has 31 heavy (non-hydrogen) atoms. The Morgan fingerprint density at radius 2 is 2.16 bits per heavy atom. The average Bonchev–Trinajstić information content (AvgIpc) is 3.17. The van der Waals surface area contributed by atoms with E-state index in [2.05, 4.69) is 5.32 Å². The first kappa shape index (κ1) is 21.4. The van der Waals surface area contributed by atoms with Gasteiger partial charge in [0, 0.05) is 47.7 Å². The molecule has 4 rings (SSSR count). The van der Waals surface area contributed by atoms with Gasteiger partial charge in [-0.3, -0.25) is 4.79 Å². The minimum atomic E-state index is -0.138. The van der Waals surface area contributed by atoms with Gasteiger partial charge in [0.05, 0.1) is 17.3 Å². The Labute approximate surface area is 186 Å². The van der Waals surface area contributed by atoms with Crippen molar-refractivity contribution in [3.05, 3.63) is 52.3 Å². The number of nitrogens with one attached hydrogen (secondary N) is 1. The lowest BCUT2D eigenvalue weighted by atomic mass is 9.98. The van der Waals surface area contributed by atoms with E-state index in [1.54, 1.807) is 22.7 Å². The number of halogens is 1. The minimum absolute atomic E-state index is 0.116. The summed E-state index contributed by atoms with van der Waals surface area (Å²) in [6.45, 7) is 5.16. The number of carbonyl (C=O) groups is 1. The first-order chi connectivity index (χ1) is 14.9. The molecule has 2 atom stereocenters. The van der Waals surface area contributed by atoms with Gasteiger partial charge in [0.25, 0.3) is 5.91 Å². The van der Waals surface area contributed by atoms with Gasteiger partial charge in [0.2, 0.25) is 0 Å². The van der Waals surface area contributed by atoms with Gasteiger partial charge in [0.15, 0.2) is 5.65 Å². The van der Waals surface area contributed by atoms with E-state index in [0.29, 0.717) is 29.4 Å². The second-order valence-corrected chi connectivity index (χ2v) is 8.60. The van der Waals surface area contributed by atoms with Crippen LogP contribution < -0.4 is 16.8 Å². The zero-order valence-electron chi connectivity index (χ0n) is 17.8. The number of likely N-dealkylation sites (tertiary alicyclic amines) is 1. The fourth-order valence-corrected chi connectivity index (χ4v) is 4.15.